The Hall–Kier alpha value is -1.08. The van der Waals surface area contributed by atoms with Crippen molar-refractivity contribution in [2.75, 3.05) is 11.9 Å². The summed E-state index contributed by atoms with van der Waals surface area (Å²) in [6.07, 6.45) is 0. The predicted octanol–water partition coefficient (Wildman–Crippen LogP) is 4.11. The van der Waals surface area contributed by atoms with Gasteiger partial charge in [0.2, 0.25) is 0 Å². The molecule has 1 heterocycles. The van der Waals surface area contributed by atoms with Crippen molar-refractivity contribution in [3.8, 4) is 5.75 Å². The van der Waals surface area contributed by atoms with Crippen LogP contribution < -0.4 is 10.1 Å². The standard InChI is InChI=1S/C15H11BrINO2/c16-15(9-1-4-11(17)5-2-9)10-3-6-13-12(7-10)18-14(19)8-20-13/h1-7,15H,8H2,(H,18,19). The van der Waals surface area contributed by atoms with Gasteiger partial charge in [-0.3, -0.25) is 4.79 Å². The fourth-order valence-electron chi connectivity index (χ4n) is 2.08. The molecule has 2 aromatic carbocycles. The molecule has 0 radical (unpaired) electrons. The molecule has 20 heavy (non-hydrogen) atoms. The van der Waals surface area contributed by atoms with Crippen molar-refractivity contribution >= 4 is 50.1 Å². The molecule has 1 N–H and O–H groups in total. The molecule has 0 bridgehead atoms. The van der Waals surface area contributed by atoms with Crippen LogP contribution in [0.5, 0.6) is 5.75 Å². The van der Waals surface area contributed by atoms with Gasteiger partial charge in [-0.15, -0.1) is 0 Å². The monoisotopic (exact) mass is 443 g/mol. The third kappa shape index (κ3) is 2.83. The Morgan fingerprint density at radius 1 is 1.15 bits per heavy atom. The molecule has 0 aromatic heterocycles. The van der Waals surface area contributed by atoms with E-state index in [2.05, 4.69) is 68.1 Å². The number of anilines is 1. The first-order valence-corrected chi connectivity index (χ1v) is 8.09. The number of ether oxygens (including phenoxy) is 1. The maximum atomic E-state index is 11.4. The van der Waals surface area contributed by atoms with Crippen molar-refractivity contribution in [3.05, 3.63) is 57.2 Å². The van der Waals surface area contributed by atoms with E-state index in [0.717, 1.165) is 17.0 Å². The predicted molar refractivity (Wildman–Crippen MR) is 90.5 cm³/mol. The van der Waals surface area contributed by atoms with E-state index >= 15 is 0 Å². The first-order chi connectivity index (χ1) is 9.63. The van der Waals surface area contributed by atoms with Gasteiger partial charge in [0.25, 0.3) is 5.91 Å². The summed E-state index contributed by atoms with van der Waals surface area (Å²) in [6, 6.07) is 14.2. The molecule has 1 atom stereocenters. The lowest BCUT2D eigenvalue weighted by Gasteiger charge is -2.20. The molecule has 102 valence electrons. The number of nitrogens with one attached hydrogen (secondary N) is 1. The maximum Gasteiger partial charge on any atom is 0.262 e. The van der Waals surface area contributed by atoms with Crippen LogP contribution >= 0.6 is 38.5 Å². The Balaban J connectivity index is 1.92. The molecule has 3 nitrogen and oxygen atoms in total. The molecular formula is C15H11BrINO2. The van der Waals surface area contributed by atoms with Gasteiger partial charge in [0.1, 0.15) is 5.75 Å². The zero-order chi connectivity index (χ0) is 14.1. The molecule has 5 heteroatoms. The summed E-state index contributed by atoms with van der Waals surface area (Å²) < 4.78 is 6.57. The molecule has 0 spiro atoms. The van der Waals surface area contributed by atoms with Gasteiger partial charge >= 0.3 is 0 Å². The van der Waals surface area contributed by atoms with E-state index in [0.29, 0.717) is 0 Å². The minimum Gasteiger partial charge on any atom is -0.482 e. The minimum atomic E-state index is -0.116. The van der Waals surface area contributed by atoms with Crippen LogP contribution in [0.15, 0.2) is 42.5 Å². The second-order valence-electron chi connectivity index (χ2n) is 4.51. The van der Waals surface area contributed by atoms with E-state index in [1.807, 2.05) is 18.2 Å². The fourth-order valence-corrected chi connectivity index (χ4v) is 3.03. The molecule has 0 saturated heterocycles. The fraction of sp³-hybridized carbons (Fsp3) is 0.133. The van der Waals surface area contributed by atoms with Crippen LogP contribution in [0.1, 0.15) is 16.0 Å². The van der Waals surface area contributed by atoms with Gasteiger partial charge in [-0.1, -0.05) is 34.1 Å². The summed E-state index contributed by atoms with van der Waals surface area (Å²) in [7, 11) is 0. The van der Waals surface area contributed by atoms with Crippen molar-refractivity contribution in [2.24, 2.45) is 0 Å². The summed E-state index contributed by atoms with van der Waals surface area (Å²) in [5, 5.41) is 2.83. The Bertz CT molecular complexity index is 657. The number of rotatable bonds is 2. The summed E-state index contributed by atoms with van der Waals surface area (Å²) in [5.74, 6) is 0.602. The molecular weight excluding hydrogens is 433 g/mol. The minimum absolute atomic E-state index is 0.0845. The molecule has 1 aliphatic rings. The van der Waals surface area contributed by atoms with Crippen LogP contribution in [0, 0.1) is 3.57 Å². The lowest BCUT2D eigenvalue weighted by Crippen LogP contribution is -2.25. The number of carbonyl (C=O) groups excluding carboxylic acids is 1. The molecule has 1 unspecified atom stereocenters. The molecule has 1 aliphatic heterocycles. The summed E-state index contributed by atoms with van der Waals surface area (Å²) in [4.78, 5) is 11.5. The SMILES string of the molecule is O=C1COc2ccc(C(Br)c3ccc(I)cc3)cc2N1. The van der Waals surface area contributed by atoms with E-state index in [1.54, 1.807) is 0 Å². The second kappa shape index (κ2) is 5.73. The first kappa shape index (κ1) is 13.9. The number of alkyl halides is 1. The number of carbonyl (C=O) groups is 1. The number of amides is 1. The number of hydrogen-bond donors (Lipinski definition) is 1. The Morgan fingerprint density at radius 2 is 1.85 bits per heavy atom. The Kier molecular flexibility index (Phi) is 3.98. The van der Waals surface area contributed by atoms with Gasteiger partial charge in [0.15, 0.2) is 6.61 Å². The van der Waals surface area contributed by atoms with Crippen LogP contribution in [0.2, 0.25) is 0 Å². The van der Waals surface area contributed by atoms with Crippen molar-refractivity contribution in [1.82, 2.24) is 0 Å². The van der Waals surface area contributed by atoms with Gasteiger partial charge in [-0.25, -0.2) is 0 Å². The van der Waals surface area contributed by atoms with Crippen LogP contribution in [0.3, 0.4) is 0 Å². The first-order valence-electron chi connectivity index (χ1n) is 6.09. The number of benzene rings is 2. The Labute approximate surface area is 139 Å². The van der Waals surface area contributed by atoms with E-state index in [-0.39, 0.29) is 17.3 Å². The summed E-state index contributed by atoms with van der Waals surface area (Å²) in [6.45, 7) is 0.0845. The maximum absolute atomic E-state index is 11.4. The molecule has 0 aliphatic carbocycles. The molecule has 2 aromatic rings. The van der Waals surface area contributed by atoms with Gasteiger partial charge < -0.3 is 10.1 Å². The van der Waals surface area contributed by atoms with Crippen LogP contribution in [-0.2, 0) is 4.79 Å². The highest BCUT2D eigenvalue weighted by Gasteiger charge is 2.18. The molecule has 1 amide bonds. The third-order valence-electron chi connectivity index (χ3n) is 3.09. The zero-order valence-electron chi connectivity index (χ0n) is 10.4. The zero-order valence-corrected chi connectivity index (χ0v) is 14.1. The van der Waals surface area contributed by atoms with Crippen LogP contribution in [0.25, 0.3) is 0 Å². The van der Waals surface area contributed by atoms with Crippen LogP contribution in [-0.4, -0.2) is 12.5 Å². The van der Waals surface area contributed by atoms with Crippen molar-refractivity contribution in [3.63, 3.8) is 0 Å². The smallest absolute Gasteiger partial charge is 0.262 e. The quantitative estimate of drug-likeness (QED) is 0.560. The lowest BCUT2D eigenvalue weighted by molar-refractivity contribution is -0.118. The highest BCUT2D eigenvalue weighted by Crippen LogP contribution is 2.36. The van der Waals surface area contributed by atoms with Gasteiger partial charge in [0.05, 0.1) is 10.5 Å². The summed E-state index contributed by atoms with van der Waals surface area (Å²) in [5.41, 5.74) is 2.98. The highest BCUT2D eigenvalue weighted by atomic mass is 127. The average Bonchev–Trinajstić information content (AvgIpc) is 2.46. The van der Waals surface area contributed by atoms with Crippen molar-refractivity contribution in [1.29, 1.82) is 0 Å². The highest BCUT2D eigenvalue weighted by molar-refractivity contribution is 14.1. The van der Waals surface area contributed by atoms with Gasteiger partial charge in [-0.2, -0.15) is 0 Å². The average molecular weight is 444 g/mol. The topological polar surface area (TPSA) is 38.3 Å². The van der Waals surface area contributed by atoms with E-state index in [9.17, 15) is 4.79 Å². The second-order valence-corrected chi connectivity index (χ2v) is 6.67. The third-order valence-corrected chi connectivity index (χ3v) is 4.87. The van der Waals surface area contributed by atoms with Crippen molar-refractivity contribution in [2.45, 2.75) is 4.83 Å². The van der Waals surface area contributed by atoms with Crippen molar-refractivity contribution < 1.29 is 9.53 Å². The number of hydrogen-bond acceptors (Lipinski definition) is 2. The molecule has 0 saturated carbocycles. The number of halogens is 2. The molecule has 0 fully saturated rings. The van der Waals surface area contributed by atoms with Gasteiger partial charge in [0, 0.05) is 3.57 Å². The molecule has 3 rings (SSSR count). The largest absolute Gasteiger partial charge is 0.482 e. The van der Waals surface area contributed by atoms with E-state index in [4.69, 9.17) is 4.74 Å². The Morgan fingerprint density at radius 3 is 2.60 bits per heavy atom. The summed E-state index contributed by atoms with van der Waals surface area (Å²) >= 11 is 5.99. The lowest BCUT2D eigenvalue weighted by atomic mass is 10.0. The normalized spacial score (nSPS) is 15.0. The van der Waals surface area contributed by atoms with E-state index < -0.39 is 0 Å². The van der Waals surface area contributed by atoms with E-state index in [1.165, 1.54) is 9.13 Å². The van der Waals surface area contributed by atoms with Crippen LogP contribution in [0.4, 0.5) is 5.69 Å². The number of fused-ring (bicyclic) bond motifs is 1. The van der Waals surface area contributed by atoms with Gasteiger partial charge in [-0.05, 0) is 58.0 Å².